The van der Waals surface area contributed by atoms with Crippen molar-refractivity contribution in [3.63, 3.8) is 0 Å². The highest BCUT2D eigenvalue weighted by atomic mass is 79.9. The molecule has 0 saturated heterocycles. The number of halogens is 1. The van der Waals surface area contributed by atoms with Crippen LogP contribution < -0.4 is 4.74 Å². The number of rotatable bonds is 2. The Bertz CT molecular complexity index is 862. The van der Waals surface area contributed by atoms with Gasteiger partial charge >= 0.3 is 6.16 Å². The Balaban J connectivity index is 1.98. The minimum Gasteiger partial charge on any atom is -0.436 e. The average Bonchev–Trinajstić information content (AvgIpc) is 2.91. The lowest BCUT2D eigenvalue weighted by atomic mass is 10.2. The van der Waals surface area contributed by atoms with E-state index in [1.807, 2.05) is 24.3 Å². The number of aromatic nitrogens is 1. The second kappa shape index (κ2) is 6.28. The summed E-state index contributed by atoms with van der Waals surface area (Å²) in [6.45, 7) is 5.33. The normalized spacial score (nSPS) is 11.5. The maximum Gasteiger partial charge on any atom is 0.514 e. The Morgan fingerprint density at radius 2 is 1.92 bits per heavy atom. The van der Waals surface area contributed by atoms with E-state index in [-0.39, 0.29) is 0 Å². The quantitative estimate of drug-likeness (QED) is 0.423. The molecule has 124 valence electrons. The van der Waals surface area contributed by atoms with Gasteiger partial charge in [0.05, 0.1) is 5.56 Å². The molecule has 3 rings (SSSR count). The monoisotopic (exact) mass is 389 g/mol. The maximum absolute atomic E-state index is 12.0. The molecule has 24 heavy (non-hydrogen) atoms. The molecule has 0 atom stereocenters. The molecule has 6 heteroatoms. The Kier molecular flexibility index (Phi) is 4.32. The van der Waals surface area contributed by atoms with Gasteiger partial charge in [0.15, 0.2) is 5.58 Å². The van der Waals surface area contributed by atoms with Gasteiger partial charge in [0.1, 0.15) is 16.9 Å². The number of fused-ring (bicyclic) bond motifs is 1. The molecule has 1 aromatic heterocycles. The van der Waals surface area contributed by atoms with Crippen LogP contribution in [-0.4, -0.2) is 16.7 Å². The molecule has 0 radical (unpaired) electrons. The van der Waals surface area contributed by atoms with E-state index in [0.717, 1.165) is 9.99 Å². The zero-order chi connectivity index (χ0) is 17.3. The van der Waals surface area contributed by atoms with Crippen LogP contribution in [0.3, 0.4) is 0 Å². The molecule has 3 aromatic rings. The molecule has 0 fully saturated rings. The molecular formula is C18H16BrNO4. The second-order valence-corrected chi connectivity index (χ2v) is 7.11. The third kappa shape index (κ3) is 3.76. The number of benzene rings is 2. The van der Waals surface area contributed by atoms with Crippen molar-refractivity contribution in [2.24, 2.45) is 0 Å². The van der Waals surface area contributed by atoms with Crippen LogP contribution >= 0.6 is 15.9 Å². The first-order valence-electron chi connectivity index (χ1n) is 7.38. The first-order chi connectivity index (χ1) is 11.3. The van der Waals surface area contributed by atoms with Crippen molar-refractivity contribution in [3.05, 3.63) is 46.9 Å². The second-order valence-electron chi connectivity index (χ2n) is 6.19. The van der Waals surface area contributed by atoms with Crippen LogP contribution in [-0.2, 0) is 4.74 Å². The van der Waals surface area contributed by atoms with Crippen molar-refractivity contribution in [1.29, 1.82) is 0 Å². The van der Waals surface area contributed by atoms with E-state index in [9.17, 15) is 4.79 Å². The number of carbonyl (C=O) groups excluding carboxylic acids is 1. The van der Waals surface area contributed by atoms with Crippen molar-refractivity contribution in [2.45, 2.75) is 26.4 Å². The minimum atomic E-state index is -0.776. The smallest absolute Gasteiger partial charge is 0.436 e. The van der Waals surface area contributed by atoms with Gasteiger partial charge in [-0.05, 0) is 51.1 Å². The van der Waals surface area contributed by atoms with Gasteiger partial charge in [-0.2, -0.15) is 0 Å². The summed E-state index contributed by atoms with van der Waals surface area (Å²) in [5.41, 5.74) is 1.32. The van der Waals surface area contributed by atoms with Gasteiger partial charge in [0.25, 0.3) is 0 Å². The van der Waals surface area contributed by atoms with E-state index in [1.54, 1.807) is 39.0 Å². The molecule has 0 spiro atoms. The molecule has 5 nitrogen and oxygen atoms in total. The number of carbonyl (C=O) groups is 1. The van der Waals surface area contributed by atoms with Gasteiger partial charge in [0.2, 0.25) is 5.89 Å². The Morgan fingerprint density at radius 3 is 2.62 bits per heavy atom. The van der Waals surface area contributed by atoms with Crippen LogP contribution in [0.4, 0.5) is 4.79 Å². The zero-order valence-corrected chi connectivity index (χ0v) is 15.1. The lowest BCUT2D eigenvalue weighted by Gasteiger charge is -2.19. The molecule has 0 saturated carbocycles. The van der Waals surface area contributed by atoms with Crippen LogP contribution in [0.25, 0.3) is 22.6 Å². The lowest BCUT2D eigenvalue weighted by Crippen LogP contribution is -2.26. The van der Waals surface area contributed by atoms with E-state index in [4.69, 9.17) is 13.9 Å². The van der Waals surface area contributed by atoms with Gasteiger partial charge in [-0.15, -0.1) is 0 Å². The third-order valence-corrected chi connectivity index (χ3v) is 3.54. The van der Waals surface area contributed by atoms with Crippen LogP contribution in [0.1, 0.15) is 20.8 Å². The summed E-state index contributed by atoms with van der Waals surface area (Å²) in [5, 5.41) is 0. The number of nitrogens with zero attached hydrogens (tertiary/aromatic N) is 1. The molecule has 0 amide bonds. The van der Waals surface area contributed by atoms with Crippen LogP contribution in [0.5, 0.6) is 5.75 Å². The van der Waals surface area contributed by atoms with Crippen molar-refractivity contribution >= 4 is 33.2 Å². The van der Waals surface area contributed by atoms with E-state index >= 15 is 0 Å². The molecule has 0 unspecified atom stereocenters. The fourth-order valence-corrected chi connectivity index (χ4v) is 2.47. The van der Waals surface area contributed by atoms with Crippen molar-refractivity contribution < 1.29 is 18.7 Å². The minimum absolute atomic E-state index is 0.319. The van der Waals surface area contributed by atoms with Crippen molar-refractivity contribution in [2.75, 3.05) is 0 Å². The summed E-state index contributed by atoms with van der Waals surface area (Å²) in [5.74, 6) is 0.690. The van der Waals surface area contributed by atoms with Gasteiger partial charge < -0.3 is 13.9 Å². The standard InChI is InChI=1S/C18H16BrNO4/c1-18(2,3)24-17(21)23-14-9-8-11(19)10-12(14)16-20-13-6-4-5-7-15(13)22-16/h4-10H,1-3H3. The zero-order valence-electron chi connectivity index (χ0n) is 13.5. The fourth-order valence-electron chi connectivity index (χ4n) is 2.11. The van der Waals surface area contributed by atoms with E-state index in [1.165, 1.54) is 0 Å². The van der Waals surface area contributed by atoms with E-state index < -0.39 is 11.8 Å². The summed E-state index contributed by atoms with van der Waals surface area (Å²) < 4.78 is 17.1. The topological polar surface area (TPSA) is 61.6 Å². The molecular weight excluding hydrogens is 374 g/mol. The molecule has 0 aliphatic heterocycles. The van der Waals surface area contributed by atoms with Gasteiger partial charge in [-0.3, -0.25) is 0 Å². The highest BCUT2D eigenvalue weighted by molar-refractivity contribution is 9.10. The van der Waals surface area contributed by atoms with Gasteiger partial charge in [0, 0.05) is 4.47 Å². The molecule has 0 aliphatic rings. The van der Waals surface area contributed by atoms with Crippen LogP contribution in [0, 0.1) is 0 Å². The van der Waals surface area contributed by atoms with Gasteiger partial charge in [-0.25, -0.2) is 9.78 Å². The van der Waals surface area contributed by atoms with Gasteiger partial charge in [-0.1, -0.05) is 28.1 Å². The third-order valence-electron chi connectivity index (χ3n) is 3.05. The Hall–Kier alpha value is -2.34. The highest BCUT2D eigenvalue weighted by Gasteiger charge is 2.21. The molecule has 1 heterocycles. The number of para-hydroxylation sites is 2. The van der Waals surface area contributed by atoms with Crippen molar-refractivity contribution in [3.8, 4) is 17.2 Å². The largest absolute Gasteiger partial charge is 0.514 e. The summed E-state index contributed by atoms with van der Waals surface area (Å²) >= 11 is 3.41. The number of ether oxygens (including phenoxy) is 2. The number of hydrogen-bond acceptors (Lipinski definition) is 5. The Morgan fingerprint density at radius 1 is 1.17 bits per heavy atom. The van der Waals surface area contributed by atoms with Crippen LogP contribution in [0.2, 0.25) is 0 Å². The first-order valence-corrected chi connectivity index (χ1v) is 8.17. The fraction of sp³-hybridized carbons (Fsp3) is 0.222. The van der Waals surface area contributed by atoms with E-state index in [0.29, 0.717) is 22.8 Å². The summed E-state index contributed by atoms with van der Waals surface area (Å²) in [4.78, 5) is 16.4. The summed E-state index contributed by atoms with van der Waals surface area (Å²) in [6, 6.07) is 12.7. The van der Waals surface area contributed by atoms with Crippen molar-refractivity contribution in [1.82, 2.24) is 4.98 Å². The first kappa shape index (κ1) is 16.5. The molecule has 2 aromatic carbocycles. The SMILES string of the molecule is CC(C)(C)OC(=O)Oc1ccc(Br)cc1-c1nc2ccccc2o1. The Labute approximate surface area is 147 Å². The highest BCUT2D eigenvalue weighted by Crippen LogP contribution is 2.34. The summed E-state index contributed by atoms with van der Waals surface area (Å²) in [7, 11) is 0. The predicted molar refractivity (Wildman–Crippen MR) is 94.0 cm³/mol. The average molecular weight is 390 g/mol. The van der Waals surface area contributed by atoms with E-state index in [2.05, 4.69) is 20.9 Å². The molecule has 0 bridgehead atoms. The number of hydrogen-bond donors (Lipinski definition) is 0. The number of oxazole rings is 1. The van der Waals surface area contributed by atoms with Crippen LogP contribution in [0.15, 0.2) is 51.4 Å². The predicted octanol–water partition coefficient (Wildman–Crippen LogP) is 5.57. The molecule has 0 N–H and O–H groups in total. The summed E-state index contributed by atoms with van der Waals surface area (Å²) in [6.07, 6.45) is -0.776. The maximum atomic E-state index is 12.0. The molecule has 0 aliphatic carbocycles. The lowest BCUT2D eigenvalue weighted by molar-refractivity contribution is 0.0207.